The van der Waals surface area contributed by atoms with Crippen LogP contribution in [0.15, 0.2) is 12.1 Å². The Hall–Kier alpha value is -1.98. The summed E-state index contributed by atoms with van der Waals surface area (Å²) in [6.45, 7) is 7.75. The number of benzene rings is 1. The van der Waals surface area contributed by atoms with E-state index in [0.717, 1.165) is 16.6 Å². The van der Waals surface area contributed by atoms with E-state index in [0.29, 0.717) is 17.2 Å². The Labute approximate surface area is 130 Å². The van der Waals surface area contributed by atoms with Gasteiger partial charge in [-0.15, -0.1) is 0 Å². The highest BCUT2D eigenvalue weighted by Gasteiger charge is 2.15. The van der Waals surface area contributed by atoms with Gasteiger partial charge in [-0.25, -0.2) is 9.50 Å². The van der Waals surface area contributed by atoms with E-state index in [2.05, 4.69) is 22.0 Å². The van der Waals surface area contributed by atoms with Gasteiger partial charge in [-0.1, -0.05) is 29.8 Å². The van der Waals surface area contributed by atoms with E-state index in [1.165, 1.54) is 0 Å². The van der Waals surface area contributed by atoms with E-state index in [-0.39, 0.29) is 15.8 Å². The number of fused-ring (bicyclic) bond motifs is 1. The highest BCUT2D eigenvalue weighted by Crippen LogP contribution is 2.36. The van der Waals surface area contributed by atoms with Crippen molar-refractivity contribution in [1.82, 2.24) is 14.6 Å². The summed E-state index contributed by atoms with van der Waals surface area (Å²) in [5.41, 5.74) is 3.07. The van der Waals surface area contributed by atoms with Gasteiger partial charge in [-0.3, -0.25) is 0 Å². The number of nitrogens with one attached hydrogen (secondary N) is 1. The van der Waals surface area contributed by atoms with Crippen LogP contribution in [0.4, 0.5) is 11.4 Å². The quantitative estimate of drug-likeness (QED) is 0.711. The van der Waals surface area contributed by atoms with Crippen LogP contribution in [0.25, 0.3) is 12.2 Å². The number of hydrogen-bond acceptors (Lipinski definition) is 4. The zero-order valence-corrected chi connectivity index (χ0v) is 12.9. The van der Waals surface area contributed by atoms with Crippen LogP contribution in [-0.4, -0.2) is 19.7 Å². The minimum absolute atomic E-state index is 0.135. The van der Waals surface area contributed by atoms with Crippen molar-refractivity contribution in [2.75, 3.05) is 5.32 Å². The molecule has 5 nitrogen and oxygen atoms in total. The molecule has 0 fully saturated rings. The van der Waals surface area contributed by atoms with Gasteiger partial charge in [0.05, 0.1) is 21.1 Å². The summed E-state index contributed by atoms with van der Waals surface area (Å²) in [5, 5.41) is 18.2. The summed E-state index contributed by atoms with van der Waals surface area (Å²) in [7, 11) is 0. The molecule has 0 bridgehead atoms. The van der Waals surface area contributed by atoms with Crippen molar-refractivity contribution < 1.29 is 5.11 Å². The number of aromatic nitrogens is 3. The third kappa shape index (κ3) is 2.18. The molecule has 7 heteroatoms. The second-order valence-electron chi connectivity index (χ2n) is 4.75. The van der Waals surface area contributed by atoms with E-state index >= 15 is 0 Å². The Balaban J connectivity index is 2.14. The van der Waals surface area contributed by atoms with Crippen molar-refractivity contribution >= 4 is 46.8 Å². The predicted molar refractivity (Wildman–Crippen MR) is 84.6 cm³/mol. The Kier molecular flexibility index (Phi) is 3.19. The standard InChI is InChI=1S/C14H12Cl2N4O/c1-6-7(2)20-14(17-8(3)19-20)12(6)18-9-4-10(15)13(21)11(16)5-9/h4-5,18,21H,2H2,1,3H3. The van der Waals surface area contributed by atoms with Gasteiger partial charge in [-0.05, 0) is 26.0 Å². The van der Waals surface area contributed by atoms with Crippen molar-refractivity contribution in [2.45, 2.75) is 13.8 Å². The highest BCUT2D eigenvalue weighted by atomic mass is 35.5. The lowest BCUT2D eigenvalue weighted by Crippen LogP contribution is -2.09. The molecule has 3 rings (SSSR count). The molecule has 2 aromatic heterocycles. The van der Waals surface area contributed by atoms with Crippen LogP contribution in [-0.2, 0) is 0 Å². The first-order chi connectivity index (χ1) is 9.88. The summed E-state index contributed by atoms with van der Waals surface area (Å²) < 4.78 is 1.69. The maximum atomic E-state index is 9.60. The molecule has 1 aromatic carbocycles. The first kappa shape index (κ1) is 14.0. The molecule has 0 atom stereocenters. The number of hydrogen-bond donors (Lipinski definition) is 2. The highest BCUT2D eigenvalue weighted by molar-refractivity contribution is 6.37. The average Bonchev–Trinajstić information content (AvgIpc) is 2.89. The van der Waals surface area contributed by atoms with E-state index in [1.54, 1.807) is 16.6 Å². The third-order valence-electron chi connectivity index (χ3n) is 3.29. The Morgan fingerprint density at radius 1 is 1.24 bits per heavy atom. The summed E-state index contributed by atoms with van der Waals surface area (Å²) in [6.07, 6.45) is 0. The minimum Gasteiger partial charge on any atom is -0.505 e. The Morgan fingerprint density at radius 2 is 1.86 bits per heavy atom. The molecule has 0 aliphatic heterocycles. The van der Waals surface area contributed by atoms with Gasteiger partial charge in [0.1, 0.15) is 5.82 Å². The first-order valence-electron chi connectivity index (χ1n) is 6.18. The summed E-state index contributed by atoms with van der Waals surface area (Å²) in [5.74, 6) is 0.532. The normalized spacial score (nSPS) is 11.2. The Bertz CT molecular complexity index is 881. The van der Waals surface area contributed by atoms with Gasteiger partial charge < -0.3 is 10.4 Å². The molecule has 3 aromatic rings. The third-order valence-corrected chi connectivity index (χ3v) is 3.86. The molecule has 108 valence electrons. The lowest BCUT2D eigenvalue weighted by atomic mass is 10.2. The molecule has 0 aliphatic carbocycles. The summed E-state index contributed by atoms with van der Waals surface area (Å²) in [6, 6.07) is 3.19. The van der Waals surface area contributed by atoms with Crippen molar-refractivity contribution in [2.24, 2.45) is 0 Å². The van der Waals surface area contributed by atoms with Crippen molar-refractivity contribution in [3.8, 4) is 5.75 Å². The summed E-state index contributed by atoms with van der Waals surface area (Å²) >= 11 is 11.9. The van der Waals surface area contributed by atoms with Gasteiger partial charge in [-0.2, -0.15) is 5.10 Å². The lowest BCUT2D eigenvalue weighted by molar-refractivity contribution is 0.476. The second-order valence-corrected chi connectivity index (χ2v) is 5.57. The van der Waals surface area contributed by atoms with Crippen LogP contribution >= 0.6 is 23.2 Å². The monoisotopic (exact) mass is 322 g/mol. The van der Waals surface area contributed by atoms with Crippen LogP contribution < -0.4 is 10.7 Å². The molecule has 0 aliphatic rings. The molecular formula is C14H12Cl2N4O. The number of aromatic hydroxyl groups is 1. The second kappa shape index (κ2) is 4.79. The van der Waals surface area contributed by atoms with E-state index in [4.69, 9.17) is 23.2 Å². The fourth-order valence-corrected chi connectivity index (χ4v) is 2.65. The molecule has 0 radical (unpaired) electrons. The SMILES string of the molecule is C=c1c(C)c(Nc2cc(Cl)c(O)c(Cl)c2)c2nc(C)nn12. The zero-order valence-electron chi connectivity index (χ0n) is 11.4. The van der Waals surface area contributed by atoms with Gasteiger partial charge in [0, 0.05) is 11.3 Å². The van der Waals surface area contributed by atoms with Crippen molar-refractivity contribution in [3.63, 3.8) is 0 Å². The molecule has 2 N–H and O–H groups in total. The average molecular weight is 323 g/mol. The molecule has 0 spiro atoms. The van der Waals surface area contributed by atoms with Gasteiger partial charge in [0.25, 0.3) is 0 Å². The van der Waals surface area contributed by atoms with Crippen LogP contribution in [0.5, 0.6) is 5.75 Å². The zero-order chi connectivity index (χ0) is 15.3. The fraction of sp³-hybridized carbons (Fsp3) is 0.143. The maximum Gasteiger partial charge on any atom is 0.180 e. The molecule has 0 saturated carbocycles. The predicted octanol–water partition coefficient (Wildman–Crippen LogP) is 3.23. The van der Waals surface area contributed by atoms with Crippen molar-refractivity contribution in [3.05, 3.63) is 38.9 Å². The molecule has 21 heavy (non-hydrogen) atoms. The first-order valence-corrected chi connectivity index (χ1v) is 6.93. The summed E-state index contributed by atoms with van der Waals surface area (Å²) in [4.78, 5) is 4.39. The number of aryl methyl sites for hydroxylation is 1. The number of nitrogens with zero attached hydrogens (tertiary/aromatic N) is 3. The molecule has 0 unspecified atom stereocenters. The van der Waals surface area contributed by atoms with Crippen molar-refractivity contribution in [1.29, 1.82) is 0 Å². The van der Waals surface area contributed by atoms with Crippen LogP contribution in [0.1, 0.15) is 11.4 Å². The van der Waals surface area contributed by atoms with Crippen LogP contribution in [0.3, 0.4) is 0 Å². The number of phenols is 1. The molecular weight excluding hydrogens is 311 g/mol. The van der Waals surface area contributed by atoms with Gasteiger partial charge in [0.2, 0.25) is 0 Å². The number of halogens is 2. The fourth-order valence-electron chi connectivity index (χ4n) is 2.17. The van der Waals surface area contributed by atoms with Crippen LogP contribution in [0, 0.1) is 13.8 Å². The number of anilines is 2. The van der Waals surface area contributed by atoms with Crippen LogP contribution in [0.2, 0.25) is 10.0 Å². The Morgan fingerprint density at radius 3 is 2.48 bits per heavy atom. The smallest absolute Gasteiger partial charge is 0.180 e. The van der Waals surface area contributed by atoms with E-state index < -0.39 is 0 Å². The van der Waals surface area contributed by atoms with Gasteiger partial charge in [0.15, 0.2) is 11.4 Å². The molecule has 2 heterocycles. The molecule has 0 amide bonds. The topological polar surface area (TPSA) is 62.5 Å². The number of rotatable bonds is 2. The maximum absolute atomic E-state index is 9.60. The molecule has 0 saturated heterocycles. The minimum atomic E-state index is -0.135. The number of phenolic OH excluding ortho intramolecular Hbond substituents is 1. The van der Waals surface area contributed by atoms with E-state index in [1.807, 2.05) is 13.8 Å². The largest absolute Gasteiger partial charge is 0.505 e. The lowest BCUT2D eigenvalue weighted by Gasteiger charge is -2.08. The van der Waals surface area contributed by atoms with Gasteiger partial charge >= 0.3 is 0 Å². The van der Waals surface area contributed by atoms with E-state index in [9.17, 15) is 5.11 Å².